The molecule has 5 nitrogen and oxygen atoms in total. The van der Waals surface area contributed by atoms with E-state index in [0.29, 0.717) is 0 Å². The standard InChI is InChI=1S/C13H13N5/c1-8-3-4-10(5-9(8)2)17-12-11-6-16-18-13(11)15-7-14-12/h3-7H,1-2H3,(H2,14,15,16,17,18). The predicted octanol–water partition coefficient (Wildman–Crippen LogP) is 2.71. The van der Waals surface area contributed by atoms with Gasteiger partial charge in [-0.2, -0.15) is 5.10 Å². The topological polar surface area (TPSA) is 66.5 Å². The summed E-state index contributed by atoms with van der Waals surface area (Å²) in [6.07, 6.45) is 3.24. The van der Waals surface area contributed by atoms with Crippen molar-refractivity contribution in [2.24, 2.45) is 0 Å². The monoisotopic (exact) mass is 239 g/mol. The highest BCUT2D eigenvalue weighted by molar-refractivity contribution is 5.87. The second-order valence-electron chi connectivity index (χ2n) is 4.28. The number of rotatable bonds is 2. The van der Waals surface area contributed by atoms with E-state index in [9.17, 15) is 0 Å². The van der Waals surface area contributed by atoms with Gasteiger partial charge in [0.15, 0.2) is 5.65 Å². The third kappa shape index (κ3) is 1.79. The summed E-state index contributed by atoms with van der Waals surface area (Å²) in [7, 11) is 0. The van der Waals surface area contributed by atoms with Gasteiger partial charge in [0.05, 0.1) is 11.6 Å². The van der Waals surface area contributed by atoms with Crippen molar-refractivity contribution in [3.05, 3.63) is 41.9 Å². The van der Waals surface area contributed by atoms with E-state index in [-0.39, 0.29) is 0 Å². The maximum Gasteiger partial charge on any atom is 0.160 e. The first-order valence-electron chi connectivity index (χ1n) is 5.72. The fourth-order valence-corrected chi connectivity index (χ4v) is 1.82. The number of hydrogen-bond donors (Lipinski definition) is 2. The first kappa shape index (κ1) is 10.7. The Hall–Kier alpha value is -2.43. The quantitative estimate of drug-likeness (QED) is 0.721. The van der Waals surface area contributed by atoms with E-state index in [4.69, 9.17) is 0 Å². The summed E-state index contributed by atoms with van der Waals surface area (Å²) >= 11 is 0. The number of anilines is 2. The van der Waals surface area contributed by atoms with Crippen LogP contribution >= 0.6 is 0 Å². The summed E-state index contributed by atoms with van der Waals surface area (Å²) in [5, 5.41) is 11.0. The van der Waals surface area contributed by atoms with Gasteiger partial charge in [-0.05, 0) is 37.1 Å². The molecule has 0 saturated carbocycles. The number of nitrogens with one attached hydrogen (secondary N) is 2. The molecule has 2 heterocycles. The van der Waals surface area contributed by atoms with Crippen LogP contribution in [-0.4, -0.2) is 20.2 Å². The average Bonchev–Trinajstić information content (AvgIpc) is 2.83. The van der Waals surface area contributed by atoms with E-state index in [1.54, 1.807) is 6.20 Å². The third-order valence-electron chi connectivity index (χ3n) is 3.02. The number of hydrogen-bond acceptors (Lipinski definition) is 4. The normalized spacial score (nSPS) is 10.8. The minimum absolute atomic E-state index is 0.733. The van der Waals surface area contributed by atoms with Crippen molar-refractivity contribution < 1.29 is 0 Å². The molecule has 0 unspecified atom stereocenters. The lowest BCUT2D eigenvalue weighted by molar-refractivity contribution is 1.09. The molecule has 18 heavy (non-hydrogen) atoms. The second-order valence-corrected chi connectivity index (χ2v) is 4.28. The van der Waals surface area contributed by atoms with Crippen LogP contribution < -0.4 is 5.32 Å². The summed E-state index contributed by atoms with van der Waals surface area (Å²) in [5.41, 5.74) is 4.27. The Morgan fingerprint density at radius 3 is 2.83 bits per heavy atom. The van der Waals surface area contributed by atoms with E-state index < -0.39 is 0 Å². The molecule has 90 valence electrons. The molecule has 0 atom stereocenters. The minimum atomic E-state index is 0.733. The summed E-state index contributed by atoms with van der Waals surface area (Å²) in [4.78, 5) is 8.35. The van der Waals surface area contributed by atoms with Gasteiger partial charge in [-0.15, -0.1) is 0 Å². The van der Waals surface area contributed by atoms with Gasteiger partial charge in [0.25, 0.3) is 0 Å². The summed E-state index contributed by atoms with van der Waals surface area (Å²) in [5.74, 6) is 0.761. The number of H-pyrrole nitrogens is 1. The van der Waals surface area contributed by atoms with Gasteiger partial charge in [0, 0.05) is 5.69 Å². The highest BCUT2D eigenvalue weighted by Gasteiger charge is 2.05. The van der Waals surface area contributed by atoms with Gasteiger partial charge in [0.1, 0.15) is 12.1 Å². The smallest absolute Gasteiger partial charge is 0.160 e. The molecule has 5 heteroatoms. The molecule has 0 spiro atoms. The molecule has 0 aliphatic rings. The zero-order chi connectivity index (χ0) is 12.5. The number of fused-ring (bicyclic) bond motifs is 1. The molecular weight excluding hydrogens is 226 g/mol. The lowest BCUT2D eigenvalue weighted by Gasteiger charge is -2.08. The van der Waals surface area contributed by atoms with Gasteiger partial charge in [0.2, 0.25) is 0 Å². The van der Waals surface area contributed by atoms with E-state index in [1.165, 1.54) is 17.5 Å². The molecule has 0 bridgehead atoms. The first-order valence-corrected chi connectivity index (χ1v) is 5.72. The van der Waals surface area contributed by atoms with Crippen LogP contribution in [0.1, 0.15) is 11.1 Å². The Kier molecular flexibility index (Phi) is 2.44. The van der Waals surface area contributed by atoms with Gasteiger partial charge in [-0.25, -0.2) is 9.97 Å². The number of aromatic nitrogens is 4. The van der Waals surface area contributed by atoms with Crippen LogP contribution in [0.15, 0.2) is 30.7 Å². The van der Waals surface area contributed by atoms with Crippen molar-refractivity contribution in [1.29, 1.82) is 0 Å². The Morgan fingerprint density at radius 2 is 2.00 bits per heavy atom. The fourth-order valence-electron chi connectivity index (χ4n) is 1.82. The lowest BCUT2D eigenvalue weighted by atomic mass is 10.1. The highest BCUT2D eigenvalue weighted by atomic mass is 15.2. The van der Waals surface area contributed by atoms with Crippen LogP contribution in [0.2, 0.25) is 0 Å². The predicted molar refractivity (Wildman–Crippen MR) is 70.9 cm³/mol. The van der Waals surface area contributed by atoms with Crippen LogP contribution in [-0.2, 0) is 0 Å². The van der Waals surface area contributed by atoms with Crippen molar-refractivity contribution in [2.75, 3.05) is 5.32 Å². The molecule has 3 rings (SSSR count). The summed E-state index contributed by atoms with van der Waals surface area (Å²) < 4.78 is 0. The van der Waals surface area contributed by atoms with Gasteiger partial charge in [-0.1, -0.05) is 6.07 Å². The molecule has 0 aliphatic carbocycles. The Labute approximate surface area is 104 Å². The Bertz CT molecular complexity index is 701. The van der Waals surface area contributed by atoms with Crippen LogP contribution in [0.3, 0.4) is 0 Å². The van der Waals surface area contributed by atoms with Crippen molar-refractivity contribution in [3.63, 3.8) is 0 Å². The third-order valence-corrected chi connectivity index (χ3v) is 3.02. The van der Waals surface area contributed by atoms with Crippen LogP contribution in [0.5, 0.6) is 0 Å². The van der Waals surface area contributed by atoms with Crippen LogP contribution in [0, 0.1) is 13.8 Å². The molecule has 0 saturated heterocycles. The zero-order valence-electron chi connectivity index (χ0n) is 10.2. The number of benzene rings is 1. The Morgan fingerprint density at radius 1 is 1.11 bits per heavy atom. The maximum absolute atomic E-state index is 4.24. The van der Waals surface area contributed by atoms with Gasteiger partial charge in [-0.3, -0.25) is 5.10 Å². The highest BCUT2D eigenvalue weighted by Crippen LogP contribution is 2.22. The van der Waals surface area contributed by atoms with E-state index in [2.05, 4.69) is 51.5 Å². The first-order chi connectivity index (χ1) is 8.74. The van der Waals surface area contributed by atoms with E-state index in [0.717, 1.165) is 22.5 Å². The van der Waals surface area contributed by atoms with E-state index in [1.807, 2.05) is 6.07 Å². The van der Waals surface area contributed by atoms with Crippen molar-refractivity contribution in [3.8, 4) is 0 Å². The van der Waals surface area contributed by atoms with Crippen LogP contribution in [0.25, 0.3) is 11.0 Å². The molecule has 1 aromatic carbocycles. The van der Waals surface area contributed by atoms with Gasteiger partial charge >= 0.3 is 0 Å². The molecule has 0 fully saturated rings. The van der Waals surface area contributed by atoms with Gasteiger partial charge < -0.3 is 5.32 Å². The number of aryl methyl sites for hydroxylation is 2. The van der Waals surface area contributed by atoms with E-state index >= 15 is 0 Å². The Balaban J connectivity index is 2.01. The van der Waals surface area contributed by atoms with Crippen molar-refractivity contribution in [1.82, 2.24) is 20.2 Å². The summed E-state index contributed by atoms with van der Waals surface area (Å²) in [6.45, 7) is 4.19. The number of nitrogens with zero attached hydrogens (tertiary/aromatic N) is 3. The molecule has 2 N–H and O–H groups in total. The molecule has 3 aromatic rings. The number of aromatic amines is 1. The van der Waals surface area contributed by atoms with Crippen molar-refractivity contribution >= 4 is 22.5 Å². The maximum atomic E-state index is 4.24. The summed E-state index contributed by atoms with van der Waals surface area (Å²) in [6, 6.07) is 6.23. The molecule has 0 aliphatic heterocycles. The molecule has 0 radical (unpaired) electrons. The lowest BCUT2D eigenvalue weighted by Crippen LogP contribution is -1.95. The van der Waals surface area contributed by atoms with Crippen molar-refractivity contribution in [2.45, 2.75) is 13.8 Å². The fraction of sp³-hybridized carbons (Fsp3) is 0.154. The second kappa shape index (κ2) is 4.10. The van der Waals surface area contributed by atoms with Crippen LogP contribution in [0.4, 0.5) is 11.5 Å². The molecular formula is C13H13N5. The largest absolute Gasteiger partial charge is 0.340 e. The zero-order valence-corrected chi connectivity index (χ0v) is 10.2. The SMILES string of the molecule is Cc1ccc(Nc2ncnc3[nH]ncc23)cc1C. The molecule has 0 amide bonds. The average molecular weight is 239 g/mol. The molecule has 2 aromatic heterocycles. The minimum Gasteiger partial charge on any atom is -0.340 e.